The molecule has 7 heteroatoms. The van der Waals surface area contributed by atoms with Gasteiger partial charge in [-0.1, -0.05) is 5.16 Å². The van der Waals surface area contributed by atoms with E-state index in [2.05, 4.69) is 20.4 Å². The summed E-state index contributed by atoms with van der Waals surface area (Å²) in [5.74, 6) is 2.56. The summed E-state index contributed by atoms with van der Waals surface area (Å²) in [6.45, 7) is 1.63. The maximum atomic E-state index is 5.60. The molecule has 1 atom stereocenters. The van der Waals surface area contributed by atoms with E-state index in [1.54, 1.807) is 13.3 Å². The molecule has 0 amide bonds. The molecule has 3 heterocycles. The molecule has 1 aliphatic rings. The minimum atomic E-state index is 0.277. The summed E-state index contributed by atoms with van der Waals surface area (Å²) >= 11 is 0. The summed E-state index contributed by atoms with van der Waals surface area (Å²) in [5, 5.41) is 7.34. The van der Waals surface area contributed by atoms with Crippen molar-refractivity contribution < 1.29 is 14.0 Å². The van der Waals surface area contributed by atoms with Gasteiger partial charge in [0.2, 0.25) is 5.82 Å². The molecule has 1 aromatic carbocycles. The van der Waals surface area contributed by atoms with E-state index in [0.29, 0.717) is 11.7 Å². The molecule has 26 heavy (non-hydrogen) atoms. The van der Waals surface area contributed by atoms with Crippen LogP contribution in [0, 0.1) is 0 Å². The van der Waals surface area contributed by atoms with E-state index < -0.39 is 0 Å². The fourth-order valence-corrected chi connectivity index (χ4v) is 2.85. The Hall–Kier alpha value is -2.93. The molecule has 1 aliphatic heterocycles. The Morgan fingerprint density at radius 1 is 1.15 bits per heavy atom. The predicted molar refractivity (Wildman–Crippen MR) is 97.0 cm³/mol. The Bertz CT molecular complexity index is 840. The fraction of sp³-hybridized carbons (Fsp3) is 0.316. The van der Waals surface area contributed by atoms with E-state index in [9.17, 15) is 0 Å². The van der Waals surface area contributed by atoms with Crippen LogP contribution in [0.2, 0.25) is 0 Å². The zero-order chi connectivity index (χ0) is 17.8. The minimum Gasteiger partial charge on any atom is -0.497 e. The second kappa shape index (κ2) is 7.53. The Morgan fingerprint density at radius 3 is 2.69 bits per heavy atom. The van der Waals surface area contributed by atoms with Crippen LogP contribution in [-0.2, 0) is 4.74 Å². The molecule has 3 aromatic rings. The van der Waals surface area contributed by atoms with Gasteiger partial charge in [0.1, 0.15) is 11.6 Å². The summed E-state index contributed by atoms with van der Waals surface area (Å²) in [6.07, 6.45) is 4.23. The smallest absolute Gasteiger partial charge is 0.259 e. The highest BCUT2D eigenvalue weighted by atomic mass is 16.5. The van der Waals surface area contributed by atoms with E-state index in [0.717, 1.165) is 48.7 Å². The van der Waals surface area contributed by atoms with Crippen LogP contribution in [0.3, 0.4) is 0 Å². The van der Waals surface area contributed by atoms with Crippen LogP contribution in [-0.4, -0.2) is 41.5 Å². The van der Waals surface area contributed by atoms with Gasteiger partial charge < -0.3 is 19.3 Å². The van der Waals surface area contributed by atoms with Gasteiger partial charge in [-0.05, 0) is 49.2 Å². The number of rotatable bonds is 6. The highest BCUT2D eigenvalue weighted by molar-refractivity contribution is 5.60. The second-order valence-electron chi connectivity index (χ2n) is 6.10. The van der Waals surface area contributed by atoms with Crippen LogP contribution in [0.1, 0.15) is 12.8 Å². The summed E-state index contributed by atoms with van der Waals surface area (Å²) in [6, 6.07) is 11.3. The van der Waals surface area contributed by atoms with Crippen molar-refractivity contribution >= 4 is 5.82 Å². The maximum absolute atomic E-state index is 5.60. The van der Waals surface area contributed by atoms with Gasteiger partial charge in [0, 0.05) is 24.9 Å². The molecule has 1 saturated heterocycles. The molecule has 0 aliphatic carbocycles. The first-order chi connectivity index (χ1) is 12.8. The van der Waals surface area contributed by atoms with Gasteiger partial charge in [-0.2, -0.15) is 4.98 Å². The SMILES string of the molecule is COc1ccc(-c2noc(-c3ccc(NCC4CCCO4)nc3)n2)cc1. The Balaban J connectivity index is 1.43. The van der Waals surface area contributed by atoms with Gasteiger partial charge >= 0.3 is 0 Å². The highest BCUT2D eigenvalue weighted by Crippen LogP contribution is 2.24. The lowest BCUT2D eigenvalue weighted by molar-refractivity contribution is 0.120. The van der Waals surface area contributed by atoms with Gasteiger partial charge in [-0.15, -0.1) is 0 Å². The summed E-state index contributed by atoms with van der Waals surface area (Å²) < 4.78 is 16.1. The first-order valence-electron chi connectivity index (χ1n) is 8.62. The van der Waals surface area contributed by atoms with Crippen molar-refractivity contribution in [1.82, 2.24) is 15.1 Å². The van der Waals surface area contributed by atoms with Gasteiger partial charge in [0.15, 0.2) is 0 Å². The first kappa shape index (κ1) is 16.5. The third-order valence-electron chi connectivity index (χ3n) is 4.32. The zero-order valence-corrected chi connectivity index (χ0v) is 14.5. The molecule has 1 N–H and O–H groups in total. The van der Waals surface area contributed by atoms with E-state index in [-0.39, 0.29) is 6.10 Å². The summed E-state index contributed by atoms with van der Waals surface area (Å²) in [7, 11) is 1.63. The largest absolute Gasteiger partial charge is 0.497 e. The number of methoxy groups -OCH3 is 1. The van der Waals surface area contributed by atoms with Crippen LogP contribution in [0.4, 0.5) is 5.82 Å². The molecule has 2 aromatic heterocycles. The molecule has 0 bridgehead atoms. The normalized spacial score (nSPS) is 16.6. The molecular formula is C19H20N4O3. The van der Waals surface area contributed by atoms with Crippen molar-refractivity contribution in [1.29, 1.82) is 0 Å². The minimum absolute atomic E-state index is 0.277. The number of nitrogens with one attached hydrogen (secondary N) is 1. The molecule has 0 saturated carbocycles. The number of benzene rings is 1. The van der Waals surface area contributed by atoms with Crippen LogP contribution in [0.5, 0.6) is 5.75 Å². The maximum Gasteiger partial charge on any atom is 0.259 e. The zero-order valence-electron chi connectivity index (χ0n) is 14.5. The van der Waals surface area contributed by atoms with Crippen molar-refractivity contribution in [2.24, 2.45) is 0 Å². The summed E-state index contributed by atoms with van der Waals surface area (Å²) in [5.41, 5.74) is 1.64. The number of hydrogen-bond donors (Lipinski definition) is 1. The van der Waals surface area contributed by atoms with Gasteiger partial charge in [-0.25, -0.2) is 4.98 Å². The summed E-state index contributed by atoms with van der Waals surface area (Å²) in [4.78, 5) is 8.86. The van der Waals surface area contributed by atoms with Crippen molar-refractivity contribution in [3.05, 3.63) is 42.6 Å². The van der Waals surface area contributed by atoms with Gasteiger partial charge in [0.05, 0.1) is 18.8 Å². The third kappa shape index (κ3) is 3.67. The molecule has 4 rings (SSSR count). The van der Waals surface area contributed by atoms with Crippen molar-refractivity contribution in [2.45, 2.75) is 18.9 Å². The molecular weight excluding hydrogens is 332 g/mol. The van der Waals surface area contributed by atoms with E-state index in [4.69, 9.17) is 14.0 Å². The first-order valence-corrected chi connectivity index (χ1v) is 8.62. The van der Waals surface area contributed by atoms with Crippen LogP contribution >= 0.6 is 0 Å². The van der Waals surface area contributed by atoms with E-state index in [1.165, 1.54) is 0 Å². The average Bonchev–Trinajstić information content (AvgIpc) is 3.39. The number of pyridine rings is 1. The van der Waals surface area contributed by atoms with Gasteiger partial charge in [-0.3, -0.25) is 0 Å². The third-order valence-corrected chi connectivity index (χ3v) is 4.32. The van der Waals surface area contributed by atoms with Crippen LogP contribution < -0.4 is 10.1 Å². The lowest BCUT2D eigenvalue weighted by Gasteiger charge is -2.11. The number of nitrogens with zero attached hydrogens (tertiary/aromatic N) is 3. The topological polar surface area (TPSA) is 82.3 Å². The van der Waals surface area contributed by atoms with E-state index in [1.807, 2.05) is 36.4 Å². The molecule has 0 spiro atoms. The highest BCUT2D eigenvalue weighted by Gasteiger charge is 2.15. The molecule has 1 unspecified atom stereocenters. The lowest BCUT2D eigenvalue weighted by Crippen LogP contribution is -2.18. The number of aromatic nitrogens is 3. The Morgan fingerprint density at radius 2 is 2.00 bits per heavy atom. The van der Waals surface area contributed by atoms with Crippen LogP contribution in [0.15, 0.2) is 47.1 Å². The van der Waals surface area contributed by atoms with Crippen molar-refractivity contribution in [2.75, 3.05) is 25.6 Å². The molecule has 134 valence electrons. The van der Waals surface area contributed by atoms with Crippen molar-refractivity contribution in [3.63, 3.8) is 0 Å². The monoisotopic (exact) mass is 352 g/mol. The molecule has 7 nitrogen and oxygen atoms in total. The van der Waals surface area contributed by atoms with E-state index >= 15 is 0 Å². The number of ether oxygens (including phenoxy) is 2. The lowest BCUT2D eigenvalue weighted by atomic mass is 10.2. The van der Waals surface area contributed by atoms with Crippen LogP contribution in [0.25, 0.3) is 22.8 Å². The Kier molecular flexibility index (Phi) is 4.79. The second-order valence-corrected chi connectivity index (χ2v) is 6.10. The number of hydrogen-bond acceptors (Lipinski definition) is 7. The van der Waals surface area contributed by atoms with Crippen molar-refractivity contribution in [3.8, 4) is 28.6 Å². The quantitative estimate of drug-likeness (QED) is 0.728. The number of anilines is 1. The Labute approximate surface area is 151 Å². The van der Waals surface area contributed by atoms with Gasteiger partial charge in [0.25, 0.3) is 5.89 Å². The molecule has 1 fully saturated rings. The fourth-order valence-electron chi connectivity index (χ4n) is 2.85. The standard InChI is InChI=1S/C19H20N4O3/c1-24-15-7-4-13(5-8-15)18-22-19(26-23-18)14-6-9-17(20-11-14)21-12-16-3-2-10-25-16/h4-9,11,16H,2-3,10,12H2,1H3,(H,20,21). The molecule has 0 radical (unpaired) electrons. The predicted octanol–water partition coefficient (Wildman–Crippen LogP) is 3.40. The average molecular weight is 352 g/mol.